The first-order chi connectivity index (χ1) is 10.1. The number of aliphatic hydroxyl groups is 1. The van der Waals surface area contributed by atoms with Crippen molar-refractivity contribution in [2.75, 3.05) is 18.5 Å². The van der Waals surface area contributed by atoms with Crippen LogP contribution in [0.5, 0.6) is 0 Å². The maximum Gasteiger partial charge on any atom is 0.176 e. The van der Waals surface area contributed by atoms with Crippen LogP contribution in [0.15, 0.2) is 18.2 Å². The summed E-state index contributed by atoms with van der Waals surface area (Å²) in [6.45, 7) is 5.06. The normalized spacial score (nSPS) is 16.0. The van der Waals surface area contributed by atoms with Crippen LogP contribution in [0.25, 0.3) is 5.82 Å². The predicted octanol–water partition coefficient (Wildman–Crippen LogP) is 1.85. The van der Waals surface area contributed by atoms with E-state index < -0.39 is 0 Å². The molecule has 2 aromatic heterocycles. The minimum absolute atomic E-state index is 0.254. The Morgan fingerprint density at radius 3 is 2.62 bits per heavy atom. The Morgan fingerprint density at radius 2 is 2.10 bits per heavy atom. The van der Waals surface area contributed by atoms with Gasteiger partial charge in [-0.25, -0.2) is 4.68 Å². The molecule has 112 valence electrons. The van der Waals surface area contributed by atoms with Gasteiger partial charge in [-0.1, -0.05) is 0 Å². The zero-order chi connectivity index (χ0) is 14.9. The molecule has 2 heterocycles. The average Bonchev–Trinajstić information content (AvgIpc) is 3.15. The highest BCUT2D eigenvalue weighted by atomic mass is 16.3. The molecule has 0 atom stereocenters. The SMILES string of the molecule is Cc1cc(C)n(-c2ccc(NCC3(CCO)CC3)nn2)n1. The van der Waals surface area contributed by atoms with Crippen LogP contribution in [0.2, 0.25) is 0 Å². The lowest BCUT2D eigenvalue weighted by molar-refractivity contribution is 0.253. The molecular formula is C15H21N5O. The predicted molar refractivity (Wildman–Crippen MR) is 80.5 cm³/mol. The molecule has 1 aliphatic rings. The van der Waals surface area contributed by atoms with Crippen LogP contribution in [0, 0.1) is 19.3 Å². The number of nitrogens with one attached hydrogen (secondary N) is 1. The van der Waals surface area contributed by atoms with E-state index in [-0.39, 0.29) is 12.0 Å². The number of aromatic nitrogens is 4. The van der Waals surface area contributed by atoms with Gasteiger partial charge in [-0.2, -0.15) is 5.10 Å². The summed E-state index contributed by atoms with van der Waals surface area (Å²) < 4.78 is 1.79. The molecule has 0 bridgehead atoms. The van der Waals surface area contributed by atoms with Gasteiger partial charge in [0.05, 0.1) is 5.69 Å². The Labute approximate surface area is 124 Å². The Kier molecular flexibility index (Phi) is 3.63. The molecule has 0 amide bonds. The molecule has 1 aliphatic carbocycles. The molecule has 0 radical (unpaired) electrons. The van der Waals surface area contributed by atoms with Crippen LogP contribution in [0.4, 0.5) is 5.82 Å². The van der Waals surface area contributed by atoms with Crippen molar-refractivity contribution in [1.29, 1.82) is 0 Å². The van der Waals surface area contributed by atoms with E-state index in [1.165, 1.54) is 12.8 Å². The fourth-order valence-electron chi connectivity index (χ4n) is 2.60. The summed E-state index contributed by atoms with van der Waals surface area (Å²) in [4.78, 5) is 0. The highest BCUT2D eigenvalue weighted by Crippen LogP contribution is 2.48. The Balaban J connectivity index is 1.66. The van der Waals surface area contributed by atoms with E-state index in [0.717, 1.165) is 36.0 Å². The quantitative estimate of drug-likeness (QED) is 0.848. The third-order valence-corrected chi connectivity index (χ3v) is 4.12. The summed E-state index contributed by atoms with van der Waals surface area (Å²) in [5.41, 5.74) is 2.28. The zero-order valence-electron chi connectivity index (χ0n) is 12.5. The van der Waals surface area contributed by atoms with Gasteiger partial charge in [0.25, 0.3) is 0 Å². The van der Waals surface area contributed by atoms with E-state index in [9.17, 15) is 0 Å². The molecule has 6 heteroatoms. The highest BCUT2D eigenvalue weighted by Gasteiger charge is 2.41. The summed E-state index contributed by atoms with van der Waals surface area (Å²) in [5, 5.41) is 25.2. The van der Waals surface area contributed by atoms with Gasteiger partial charge < -0.3 is 10.4 Å². The first-order valence-electron chi connectivity index (χ1n) is 7.34. The first-order valence-corrected chi connectivity index (χ1v) is 7.34. The van der Waals surface area contributed by atoms with E-state index >= 15 is 0 Å². The number of anilines is 1. The molecule has 0 aromatic carbocycles. The monoisotopic (exact) mass is 287 g/mol. The molecular weight excluding hydrogens is 266 g/mol. The van der Waals surface area contributed by atoms with Crippen molar-refractivity contribution >= 4 is 5.82 Å². The standard InChI is InChI=1S/C15H21N5O/c1-11-9-12(2)20(19-11)14-4-3-13(17-18-14)16-10-15(5-6-15)7-8-21/h3-4,9,21H,5-8,10H2,1-2H3,(H,16,17). The van der Waals surface area contributed by atoms with Crippen LogP contribution in [-0.4, -0.2) is 38.2 Å². The first kappa shape index (κ1) is 14.0. The molecule has 0 unspecified atom stereocenters. The molecule has 6 nitrogen and oxygen atoms in total. The van der Waals surface area contributed by atoms with E-state index in [2.05, 4.69) is 20.6 Å². The van der Waals surface area contributed by atoms with Gasteiger partial charge in [0.1, 0.15) is 5.82 Å². The molecule has 2 N–H and O–H groups in total. The maximum atomic E-state index is 9.06. The van der Waals surface area contributed by atoms with E-state index in [1.54, 1.807) is 4.68 Å². The average molecular weight is 287 g/mol. The molecule has 2 aromatic rings. The van der Waals surface area contributed by atoms with Crippen LogP contribution in [0.3, 0.4) is 0 Å². The second-order valence-electron chi connectivity index (χ2n) is 5.94. The van der Waals surface area contributed by atoms with Crippen LogP contribution in [0.1, 0.15) is 30.7 Å². The van der Waals surface area contributed by atoms with Gasteiger partial charge >= 0.3 is 0 Å². The minimum atomic E-state index is 0.254. The molecule has 0 saturated heterocycles. The van der Waals surface area contributed by atoms with Gasteiger partial charge in [0, 0.05) is 18.8 Å². The summed E-state index contributed by atoms with van der Waals surface area (Å²) in [6.07, 6.45) is 3.22. The Bertz CT molecular complexity index is 615. The summed E-state index contributed by atoms with van der Waals surface area (Å²) in [6, 6.07) is 5.85. The number of aryl methyl sites for hydroxylation is 2. The molecule has 0 aliphatic heterocycles. The highest BCUT2D eigenvalue weighted by molar-refractivity contribution is 5.37. The van der Waals surface area contributed by atoms with Crippen LogP contribution in [-0.2, 0) is 0 Å². The number of hydrogen-bond acceptors (Lipinski definition) is 5. The number of nitrogens with zero attached hydrogens (tertiary/aromatic N) is 4. The second-order valence-corrected chi connectivity index (χ2v) is 5.94. The third-order valence-electron chi connectivity index (χ3n) is 4.12. The van der Waals surface area contributed by atoms with Crippen molar-refractivity contribution in [3.63, 3.8) is 0 Å². The number of hydrogen-bond donors (Lipinski definition) is 2. The number of aliphatic hydroxyl groups excluding tert-OH is 1. The maximum absolute atomic E-state index is 9.06. The van der Waals surface area contributed by atoms with E-state index in [1.807, 2.05) is 32.0 Å². The lowest BCUT2D eigenvalue weighted by atomic mass is 10.0. The summed E-state index contributed by atoms with van der Waals surface area (Å²) in [5.74, 6) is 1.49. The van der Waals surface area contributed by atoms with Gasteiger partial charge in [0.2, 0.25) is 0 Å². The van der Waals surface area contributed by atoms with E-state index in [4.69, 9.17) is 5.11 Å². The van der Waals surface area contributed by atoms with Gasteiger partial charge in [-0.3, -0.25) is 0 Å². The lowest BCUT2D eigenvalue weighted by Gasteiger charge is -2.14. The van der Waals surface area contributed by atoms with Crippen LogP contribution >= 0.6 is 0 Å². The fraction of sp³-hybridized carbons (Fsp3) is 0.533. The van der Waals surface area contributed by atoms with Crippen molar-refractivity contribution in [2.24, 2.45) is 5.41 Å². The van der Waals surface area contributed by atoms with E-state index in [0.29, 0.717) is 0 Å². The van der Waals surface area contributed by atoms with Crippen molar-refractivity contribution < 1.29 is 5.11 Å². The molecule has 21 heavy (non-hydrogen) atoms. The minimum Gasteiger partial charge on any atom is -0.396 e. The van der Waals surface area contributed by atoms with Gasteiger partial charge in [0.15, 0.2) is 5.82 Å². The zero-order valence-corrected chi connectivity index (χ0v) is 12.5. The van der Waals surface area contributed by atoms with Gasteiger partial charge in [-0.15, -0.1) is 10.2 Å². The largest absolute Gasteiger partial charge is 0.396 e. The lowest BCUT2D eigenvalue weighted by Crippen LogP contribution is -2.17. The van der Waals surface area contributed by atoms with Crippen LogP contribution < -0.4 is 5.32 Å². The molecule has 0 spiro atoms. The Morgan fingerprint density at radius 1 is 1.29 bits per heavy atom. The topological polar surface area (TPSA) is 75.9 Å². The Hall–Kier alpha value is -1.95. The van der Waals surface area contributed by atoms with Crippen molar-refractivity contribution in [3.05, 3.63) is 29.6 Å². The summed E-state index contributed by atoms with van der Waals surface area (Å²) in [7, 11) is 0. The van der Waals surface area contributed by atoms with Crippen molar-refractivity contribution in [3.8, 4) is 5.82 Å². The molecule has 1 saturated carbocycles. The van der Waals surface area contributed by atoms with Crippen molar-refractivity contribution in [2.45, 2.75) is 33.1 Å². The smallest absolute Gasteiger partial charge is 0.176 e. The summed E-state index contributed by atoms with van der Waals surface area (Å²) >= 11 is 0. The number of rotatable bonds is 6. The molecule has 3 rings (SSSR count). The van der Waals surface area contributed by atoms with Crippen molar-refractivity contribution in [1.82, 2.24) is 20.0 Å². The third kappa shape index (κ3) is 3.05. The van der Waals surface area contributed by atoms with Gasteiger partial charge in [-0.05, 0) is 56.7 Å². The second kappa shape index (κ2) is 5.44. The molecule has 1 fully saturated rings. The fourth-order valence-corrected chi connectivity index (χ4v) is 2.60.